The van der Waals surface area contributed by atoms with Crippen molar-refractivity contribution in [2.75, 3.05) is 0 Å². The Balaban J connectivity index is 1.82. The van der Waals surface area contributed by atoms with Crippen LogP contribution in [0.25, 0.3) is 0 Å². The number of carboxylic acids is 1. The Bertz CT molecular complexity index is 437. The van der Waals surface area contributed by atoms with Crippen LogP contribution in [-0.4, -0.2) is 38.0 Å². The molecule has 0 aromatic carbocycles. The number of amides is 1. The molecular weight excluding hydrogens is 236 g/mol. The van der Waals surface area contributed by atoms with Gasteiger partial charge in [0.25, 0.3) is 0 Å². The summed E-state index contributed by atoms with van der Waals surface area (Å²) < 4.78 is 1.36. The van der Waals surface area contributed by atoms with Crippen molar-refractivity contribution < 1.29 is 14.7 Å². The van der Waals surface area contributed by atoms with E-state index in [1.165, 1.54) is 10.9 Å². The Morgan fingerprint density at radius 3 is 2.83 bits per heavy atom. The van der Waals surface area contributed by atoms with Crippen molar-refractivity contribution in [2.24, 2.45) is 0 Å². The highest BCUT2D eigenvalue weighted by molar-refractivity contribution is 5.76. The van der Waals surface area contributed by atoms with Crippen LogP contribution >= 0.6 is 0 Å². The van der Waals surface area contributed by atoms with Gasteiger partial charge in [0.2, 0.25) is 5.91 Å². The summed E-state index contributed by atoms with van der Waals surface area (Å²) in [4.78, 5) is 22.2. The van der Waals surface area contributed by atoms with Crippen molar-refractivity contribution in [3.8, 4) is 0 Å². The topological polar surface area (TPSA) is 97.1 Å². The molecule has 7 nitrogen and oxygen atoms in total. The molecule has 0 spiro atoms. The summed E-state index contributed by atoms with van der Waals surface area (Å²) in [6.07, 6.45) is 5.71. The summed E-state index contributed by atoms with van der Waals surface area (Å²) in [6, 6.07) is 0.277. The minimum absolute atomic E-state index is 0.0864. The van der Waals surface area contributed by atoms with E-state index in [4.69, 9.17) is 5.11 Å². The molecule has 1 heterocycles. The number of aromatic nitrogens is 3. The monoisotopic (exact) mass is 252 g/mol. The van der Waals surface area contributed by atoms with Crippen LogP contribution in [0.15, 0.2) is 6.20 Å². The molecule has 18 heavy (non-hydrogen) atoms. The molecule has 0 radical (unpaired) electrons. The molecule has 1 aliphatic rings. The number of hydrogen-bond acceptors (Lipinski definition) is 4. The predicted molar refractivity (Wildman–Crippen MR) is 61.8 cm³/mol. The molecule has 1 fully saturated rings. The number of hydrogen-bond donors (Lipinski definition) is 2. The average Bonchev–Trinajstić information content (AvgIpc) is 2.89. The van der Waals surface area contributed by atoms with Crippen molar-refractivity contribution in [2.45, 2.75) is 44.7 Å². The number of nitrogens with one attached hydrogen (secondary N) is 1. The summed E-state index contributed by atoms with van der Waals surface area (Å²) in [6.45, 7) is 0.0864. The van der Waals surface area contributed by atoms with E-state index < -0.39 is 5.97 Å². The first kappa shape index (κ1) is 12.5. The zero-order valence-electron chi connectivity index (χ0n) is 10.0. The largest absolute Gasteiger partial charge is 0.481 e. The summed E-state index contributed by atoms with van der Waals surface area (Å²) in [5, 5.41) is 18.9. The maximum Gasteiger partial charge on any atom is 0.309 e. The summed E-state index contributed by atoms with van der Waals surface area (Å²) >= 11 is 0. The van der Waals surface area contributed by atoms with Gasteiger partial charge in [-0.3, -0.25) is 9.59 Å². The Morgan fingerprint density at radius 1 is 1.44 bits per heavy atom. The third-order valence-electron chi connectivity index (χ3n) is 2.94. The van der Waals surface area contributed by atoms with Gasteiger partial charge in [-0.2, -0.15) is 0 Å². The van der Waals surface area contributed by atoms with Crippen LogP contribution in [-0.2, 0) is 22.6 Å². The lowest BCUT2D eigenvalue weighted by Crippen LogP contribution is -2.35. The molecule has 2 N–H and O–H groups in total. The molecule has 0 atom stereocenters. The lowest BCUT2D eigenvalue weighted by Gasteiger charge is -2.11. The predicted octanol–water partition coefficient (Wildman–Crippen LogP) is -0.0360. The van der Waals surface area contributed by atoms with Crippen molar-refractivity contribution in [1.82, 2.24) is 20.3 Å². The van der Waals surface area contributed by atoms with Gasteiger partial charge in [0.05, 0.1) is 12.1 Å². The number of rotatable bonds is 5. The van der Waals surface area contributed by atoms with E-state index in [2.05, 4.69) is 15.6 Å². The van der Waals surface area contributed by atoms with Gasteiger partial charge in [-0.25, -0.2) is 4.68 Å². The summed E-state index contributed by atoms with van der Waals surface area (Å²) in [7, 11) is 0. The van der Waals surface area contributed by atoms with Gasteiger partial charge in [-0.05, 0) is 12.8 Å². The zero-order valence-corrected chi connectivity index (χ0v) is 10.0. The van der Waals surface area contributed by atoms with Gasteiger partial charge in [0.15, 0.2) is 0 Å². The van der Waals surface area contributed by atoms with E-state index in [0.29, 0.717) is 5.69 Å². The van der Waals surface area contributed by atoms with Crippen molar-refractivity contribution in [3.63, 3.8) is 0 Å². The Kier molecular flexibility index (Phi) is 3.91. The number of nitrogens with zero attached hydrogens (tertiary/aromatic N) is 3. The molecular formula is C11H16N4O3. The molecule has 0 unspecified atom stereocenters. The lowest BCUT2D eigenvalue weighted by molar-refractivity contribution is -0.136. The van der Waals surface area contributed by atoms with E-state index in [0.717, 1.165) is 25.7 Å². The molecule has 7 heteroatoms. The molecule has 0 aliphatic heterocycles. The number of carboxylic acid groups (broad SMARTS) is 1. The first-order chi connectivity index (χ1) is 8.63. The minimum atomic E-state index is -0.961. The van der Waals surface area contributed by atoms with Gasteiger partial charge >= 0.3 is 5.97 Å². The normalized spacial score (nSPS) is 15.8. The first-order valence-electron chi connectivity index (χ1n) is 6.03. The Labute approximate surface area is 104 Å². The lowest BCUT2D eigenvalue weighted by atomic mass is 10.2. The van der Waals surface area contributed by atoms with Crippen molar-refractivity contribution in [3.05, 3.63) is 11.9 Å². The van der Waals surface area contributed by atoms with Crippen LogP contribution in [0.3, 0.4) is 0 Å². The van der Waals surface area contributed by atoms with Gasteiger partial charge in [-0.1, -0.05) is 18.1 Å². The molecule has 1 aromatic rings. The van der Waals surface area contributed by atoms with Gasteiger partial charge < -0.3 is 10.4 Å². The third kappa shape index (κ3) is 3.54. The summed E-state index contributed by atoms with van der Waals surface area (Å²) in [5.41, 5.74) is 0.358. The van der Waals surface area contributed by atoms with E-state index in [1.54, 1.807) is 0 Å². The van der Waals surface area contributed by atoms with Gasteiger partial charge in [0.1, 0.15) is 6.54 Å². The zero-order chi connectivity index (χ0) is 13.0. The second kappa shape index (κ2) is 5.61. The molecule has 1 aromatic heterocycles. The smallest absolute Gasteiger partial charge is 0.309 e. The molecule has 0 saturated heterocycles. The quantitative estimate of drug-likeness (QED) is 0.766. The molecule has 98 valence electrons. The molecule has 1 amide bonds. The SMILES string of the molecule is O=C(O)Cc1cn(CC(=O)NC2CCCC2)nn1. The van der Waals surface area contributed by atoms with E-state index in [1.807, 2.05) is 0 Å². The van der Waals surface area contributed by atoms with Crippen molar-refractivity contribution >= 4 is 11.9 Å². The first-order valence-corrected chi connectivity index (χ1v) is 6.03. The van der Waals surface area contributed by atoms with Crippen LogP contribution in [0.5, 0.6) is 0 Å². The third-order valence-corrected chi connectivity index (χ3v) is 2.94. The second-order valence-corrected chi connectivity index (χ2v) is 4.53. The number of aliphatic carboxylic acids is 1. The number of carbonyl (C=O) groups is 2. The highest BCUT2D eigenvalue weighted by Crippen LogP contribution is 2.17. The Morgan fingerprint density at radius 2 is 2.17 bits per heavy atom. The molecule has 1 saturated carbocycles. The van der Waals surface area contributed by atoms with Crippen LogP contribution in [0.4, 0.5) is 0 Å². The summed E-state index contributed by atoms with van der Waals surface area (Å²) in [5.74, 6) is -1.06. The van der Waals surface area contributed by atoms with E-state index in [-0.39, 0.29) is 24.9 Å². The second-order valence-electron chi connectivity index (χ2n) is 4.53. The fourth-order valence-electron chi connectivity index (χ4n) is 2.14. The van der Waals surface area contributed by atoms with Crippen LogP contribution < -0.4 is 5.32 Å². The highest BCUT2D eigenvalue weighted by atomic mass is 16.4. The number of carbonyl (C=O) groups excluding carboxylic acids is 1. The fraction of sp³-hybridized carbons (Fsp3) is 0.636. The minimum Gasteiger partial charge on any atom is -0.481 e. The van der Waals surface area contributed by atoms with E-state index in [9.17, 15) is 9.59 Å². The standard InChI is InChI=1S/C11H16N4O3/c16-10(12-8-3-1-2-4-8)7-15-6-9(13-14-15)5-11(17)18/h6,8H,1-5,7H2,(H,12,16)(H,17,18). The maximum atomic E-state index is 11.7. The van der Waals surface area contributed by atoms with Gasteiger partial charge in [-0.15, -0.1) is 5.10 Å². The fourth-order valence-corrected chi connectivity index (χ4v) is 2.14. The molecule has 2 rings (SSSR count). The van der Waals surface area contributed by atoms with Crippen LogP contribution in [0.1, 0.15) is 31.4 Å². The average molecular weight is 252 g/mol. The molecule has 1 aliphatic carbocycles. The van der Waals surface area contributed by atoms with Crippen LogP contribution in [0.2, 0.25) is 0 Å². The van der Waals surface area contributed by atoms with Gasteiger partial charge in [0, 0.05) is 12.2 Å². The van der Waals surface area contributed by atoms with Crippen LogP contribution in [0, 0.1) is 0 Å². The molecule has 0 bridgehead atoms. The van der Waals surface area contributed by atoms with Crippen molar-refractivity contribution in [1.29, 1.82) is 0 Å². The maximum absolute atomic E-state index is 11.7. The highest BCUT2D eigenvalue weighted by Gasteiger charge is 2.17. The Hall–Kier alpha value is -1.92. The van der Waals surface area contributed by atoms with E-state index >= 15 is 0 Å².